The molecule has 0 fully saturated rings. The van der Waals surface area contributed by atoms with Crippen LogP contribution in [0.2, 0.25) is 0 Å². The summed E-state index contributed by atoms with van der Waals surface area (Å²) in [7, 11) is -3.65. The molecule has 9 heteroatoms. The number of carbonyl (C=O) groups excluding carboxylic acids is 1. The lowest BCUT2D eigenvalue weighted by Gasteiger charge is -2.10. The fourth-order valence-electron chi connectivity index (χ4n) is 2.29. The van der Waals surface area contributed by atoms with Crippen LogP contribution in [0.1, 0.15) is 36.4 Å². The number of amides is 1. The van der Waals surface area contributed by atoms with Crippen LogP contribution in [0.15, 0.2) is 23.1 Å². The molecule has 0 unspecified atom stereocenters. The van der Waals surface area contributed by atoms with Crippen molar-refractivity contribution in [3.8, 4) is 0 Å². The predicted molar refractivity (Wildman–Crippen MR) is 103 cm³/mol. The van der Waals surface area contributed by atoms with E-state index in [2.05, 4.69) is 34.1 Å². The van der Waals surface area contributed by atoms with E-state index < -0.39 is 10.0 Å². The maximum absolute atomic E-state index is 12.4. The summed E-state index contributed by atoms with van der Waals surface area (Å²) in [6.45, 7) is 7.76. The molecule has 7 nitrogen and oxygen atoms in total. The number of nitrogens with zero attached hydrogens (tertiary/aromatic N) is 2. The third-order valence-electron chi connectivity index (χ3n) is 3.57. The molecule has 0 bridgehead atoms. The second-order valence-corrected chi connectivity index (χ2v) is 9.36. The van der Waals surface area contributed by atoms with Gasteiger partial charge >= 0.3 is 0 Å². The van der Waals surface area contributed by atoms with E-state index in [1.165, 1.54) is 11.3 Å². The molecule has 26 heavy (non-hydrogen) atoms. The number of nitrogens with one attached hydrogen (secondary N) is 2. The van der Waals surface area contributed by atoms with E-state index in [0.717, 1.165) is 17.0 Å². The van der Waals surface area contributed by atoms with Gasteiger partial charge in [0.05, 0.1) is 4.90 Å². The minimum absolute atomic E-state index is 0.0131. The summed E-state index contributed by atoms with van der Waals surface area (Å²) in [6, 6.07) is 5.24. The van der Waals surface area contributed by atoms with Crippen LogP contribution in [0.5, 0.6) is 0 Å². The van der Waals surface area contributed by atoms with Gasteiger partial charge in [-0.2, -0.15) is 0 Å². The van der Waals surface area contributed by atoms with Crippen molar-refractivity contribution in [2.75, 3.05) is 11.9 Å². The van der Waals surface area contributed by atoms with Crippen LogP contribution in [0, 0.1) is 19.8 Å². The quantitative estimate of drug-likeness (QED) is 0.714. The van der Waals surface area contributed by atoms with Crippen LogP contribution in [-0.4, -0.2) is 31.1 Å². The van der Waals surface area contributed by atoms with Crippen molar-refractivity contribution in [3.05, 3.63) is 34.3 Å². The summed E-state index contributed by atoms with van der Waals surface area (Å²) in [6.07, 6.45) is 0.826. The molecule has 1 aromatic heterocycles. The van der Waals surface area contributed by atoms with Crippen LogP contribution in [0.4, 0.5) is 5.13 Å². The number of aromatic nitrogens is 2. The van der Waals surface area contributed by atoms with E-state index in [0.29, 0.717) is 16.6 Å². The molecule has 0 radical (unpaired) electrons. The van der Waals surface area contributed by atoms with Gasteiger partial charge in [-0.3, -0.25) is 4.79 Å². The monoisotopic (exact) mass is 396 g/mol. The summed E-state index contributed by atoms with van der Waals surface area (Å²) < 4.78 is 27.2. The SMILES string of the molecule is Cc1ccc(C)c(S(=O)(=O)NCCC(=O)Nc2nnc(CC(C)C)s2)c1. The van der Waals surface area contributed by atoms with Crippen LogP contribution in [0.3, 0.4) is 0 Å². The number of sulfonamides is 1. The minimum atomic E-state index is -3.65. The lowest BCUT2D eigenvalue weighted by molar-refractivity contribution is -0.116. The first kappa shape index (κ1) is 20.5. The molecule has 0 aliphatic carbocycles. The van der Waals surface area contributed by atoms with Crippen molar-refractivity contribution in [2.24, 2.45) is 5.92 Å². The zero-order chi connectivity index (χ0) is 19.3. The fourth-order valence-corrected chi connectivity index (χ4v) is 4.62. The number of anilines is 1. The topological polar surface area (TPSA) is 101 Å². The largest absolute Gasteiger partial charge is 0.300 e. The average Bonchev–Trinajstić information content (AvgIpc) is 2.95. The second kappa shape index (κ2) is 8.70. The van der Waals surface area contributed by atoms with Crippen molar-refractivity contribution in [2.45, 2.75) is 45.4 Å². The van der Waals surface area contributed by atoms with Gasteiger partial charge in [0.2, 0.25) is 21.1 Å². The van der Waals surface area contributed by atoms with Gasteiger partial charge in [0.15, 0.2) is 0 Å². The Labute approximate surface area is 158 Å². The van der Waals surface area contributed by atoms with Crippen LogP contribution >= 0.6 is 11.3 Å². The molecule has 0 atom stereocenters. The molecule has 142 valence electrons. The van der Waals surface area contributed by atoms with Crippen molar-refractivity contribution in [1.82, 2.24) is 14.9 Å². The Morgan fingerprint density at radius 2 is 1.96 bits per heavy atom. The van der Waals surface area contributed by atoms with Gasteiger partial charge in [-0.25, -0.2) is 13.1 Å². The smallest absolute Gasteiger partial charge is 0.240 e. The van der Waals surface area contributed by atoms with Crippen LogP contribution in [0.25, 0.3) is 0 Å². The van der Waals surface area contributed by atoms with Crippen LogP contribution in [-0.2, 0) is 21.2 Å². The number of aryl methyl sites for hydroxylation is 2. The molecule has 0 spiro atoms. The lowest BCUT2D eigenvalue weighted by Crippen LogP contribution is -2.28. The van der Waals surface area contributed by atoms with Gasteiger partial charge in [-0.1, -0.05) is 37.3 Å². The van der Waals surface area contributed by atoms with Gasteiger partial charge < -0.3 is 5.32 Å². The highest BCUT2D eigenvalue weighted by molar-refractivity contribution is 7.89. The Balaban J connectivity index is 1.87. The predicted octanol–water partition coefficient (Wildman–Crippen LogP) is 2.66. The summed E-state index contributed by atoms with van der Waals surface area (Å²) in [5.74, 6) is 0.159. The normalized spacial score (nSPS) is 11.7. The Kier molecular flexibility index (Phi) is 6.85. The van der Waals surface area contributed by atoms with Gasteiger partial charge in [0, 0.05) is 19.4 Å². The third kappa shape index (κ3) is 5.86. The zero-order valence-corrected chi connectivity index (χ0v) is 17.0. The highest BCUT2D eigenvalue weighted by atomic mass is 32.2. The molecule has 0 saturated heterocycles. The number of hydrogen-bond acceptors (Lipinski definition) is 6. The van der Waals surface area contributed by atoms with Gasteiger partial charge in [-0.15, -0.1) is 10.2 Å². The van der Waals surface area contributed by atoms with Gasteiger partial charge in [0.25, 0.3) is 0 Å². The molecule has 1 heterocycles. The second-order valence-electron chi connectivity index (χ2n) is 6.56. The molecule has 0 aliphatic rings. The van der Waals surface area contributed by atoms with Crippen molar-refractivity contribution < 1.29 is 13.2 Å². The van der Waals surface area contributed by atoms with E-state index in [9.17, 15) is 13.2 Å². The Bertz CT molecular complexity index is 876. The van der Waals surface area contributed by atoms with Crippen molar-refractivity contribution in [3.63, 3.8) is 0 Å². The summed E-state index contributed by atoms with van der Waals surface area (Å²) in [5.41, 5.74) is 1.53. The third-order valence-corrected chi connectivity index (χ3v) is 6.04. The fraction of sp³-hybridized carbons (Fsp3) is 0.471. The summed E-state index contributed by atoms with van der Waals surface area (Å²) >= 11 is 1.34. The first-order chi connectivity index (χ1) is 12.2. The van der Waals surface area contributed by atoms with Gasteiger partial charge in [0.1, 0.15) is 5.01 Å². The Hall–Kier alpha value is -1.84. The molecule has 1 amide bonds. The molecule has 0 aliphatic heterocycles. The van der Waals surface area contributed by atoms with E-state index in [1.54, 1.807) is 19.1 Å². The van der Waals surface area contributed by atoms with E-state index >= 15 is 0 Å². The molecule has 2 aromatic rings. The molecule has 2 rings (SSSR count). The molecule has 2 N–H and O–H groups in total. The highest BCUT2D eigenvalue weighted by Gasteiger charge is 2.17. The van der Waals surface area contributed by atoms with E-state index in [-0.39, 0.29) is 23.8 Å². The first-order valence-electron chi connectivity index (χ1n) is 8.36. The molecular formula is C17H24N4O3S2. The lowest BCUT2D eigenvalue weighted by atomic mass is 10.1. The highest BCUT2D eigenvalue weighted by Crippen LogP contribution is 2.19. The first-order valence-corrected chi connectivity index (χ1v) is 10.7. The average molecular weight is 397 g/mol. The van der Waals surface area contributed by atoms with E-state index in [1.807, 2.05) is 13.0 Å². The molecular weight excluding hydrogens is 372 g/mol. The maximum atomic E-state index is 12.4. The number of hydrogen-bond donors (Lipinski definition) is 2. The number of benzene rings is 1. The zero-order valence-electron chi connectivity index (χ0n) is 15.4. The molecule has 1 aromatic carbocycles. The number of rotatable bonds is 8. The summed E-state index contributed by atoms with van der Waals surface area (Å²) in [4.78, 5) is 12.2. The number of carbonyl (C=O) groups is 1. The maximum Gasteiger partial charge on any atom is 0.240 e. The van der Waals surface area contributed by atoms with Gasteiger partial charge in [-0.05, 0) is 37.0 Å². The van der Waals surface area contributed by atoms with Crippen molar-refractivity contribution >= 4 is 32.4 Å². The Morgan fingerprint density at radius 3 is 2.65 bits per heavy atom. The minimum Gasteiger partial charge on any atom is -0.300 e. The summed E-state index contributed by atoms with van der Waals surface area (Å²) in [5, 5.41) is 11.9. The van der Waals surface area contributed by atoms with Crippen molar-refractivity contribution in [1.29, 1.82) is 0 Å². The molecule has 0 saturated carbocycles. The van der Waals surface area contributed by atoms with E-state index in [4.69, 9.17) is 0 Å². The Morgan fingerprint density at radius 1 is 1.23 bits per heavy atom. The van der Waals surface area contributed by atoms with Crippen LogP contribution < -0.4 is 10.0 Å². The standard InChI is InChI=1S/C17H24N4O3S2/c1-11(2)9-16-20-21-17(25-16)19-15(22)7-8-18-26(23,24)14-10-12(3)5-6-13(14)4/h5-6,10-11,18H,7-9H2,1-4H3,(H,19,21,22).